The van der Waals surface area contributed by atoms with Crippen LogP contribution in [0.4, 0.5) is 0 Å². The van der Waals surface area contributed by atoms with Gasteiger partial charge in [-0.3, -0.25) is 19.2 Å². The van der Waals surface area contributed by atoms with Crippen LogP contribution in [-0.4, -0.2) is 23.1 Å². The van der Waals surface area contributed by atoms with E-state index in [-0.39, 0.29) is 36.0 Å². The Bertz CT molecular complexity index is 724. The molecule has 0 radical (unpaired) electrons. The summed E-state index contributed by atoms with van der Waals surface area (Å²) in [5.74, 6) is -2.68. The zero-order valence-electron chi connectivity index (χ0n) is 15.0. The molecule has 134 valence electrons. The molecule has 0 heterocycles. The monoisotopic (exact) mass is 350 g/mol. The molecule has 0 aliphatic carbocycles. The van der Waals surface area contributed by atoms with Crippen molar-refractivity contribution in [1.29, 1.82) is 0 Å². The van der Waals surface area contributed by atoms with E-state index >= 15 is 0 Å². The third kappa shape index (κ3) is 4.82. The van der Waals surface area contributed by atoms with Gasteiger partial charge in [-0.1, -0.05) is 60.7 Å². The van der Waals surface area contributed by atoms with E-state index in [1.165, 1.54) is 0 Å². The van der Waals surface area contributed by atoms with Gasteiger partial charge in [-0.05, 0) is 13.8 Å². The van der Waals surface area contributed by atoms with Gasteiger partial charge in [-0.15, -0.1) is 0 Å². The van der Waals surface area contributed by atoms with E-state index in [1.807, 2.05) is 0 Å². The molecule has 0 amide bonds. The van der Waals surface area contributed by atoms with Gasteiger partial charge in [-0.25, -0.2) is 0 Å². The SMILES string of the molecule is CC(C(=O)CCC(=O)C(C)C(=O)c1ccccc1)C(=O)c1ccccc1. The summed E-state index contributed by atoms with van der Waals surface area (Å²) < 4.78 is 0. The van der Waals surface area contributed by atoms with Gasteiger partial charge in [0.1, 0.15) is 11.6 Å². The maximum atomic E-state index is 12.3. The second-order valence-electron chi connectivity index (χ2n) is 6.34. The van der Waals surface area contributed by atoms with Crippen LogP contribution in [0.5, 0.6) is 0 Å². The molecule has 0 aliphatic rings. The summed E-state index contributed by atoms with van der Waals surface area (Å²) in [4.78, 5) is 49.1. The lowest BCUT2D eigenvalue weighted by atomic mass is 9.89. The minimum absolute atomic E-state index is 0.0367. The highest BCUT2D eigenvalue weighted by Gasteiger charge is 2.26. The van der Waals surface area contributed by atoms with Crippen molar-refractivity contribution >= 4 is 23.1 Å². The fraction of sp³-hybridized carbons (Fsp3) is 0.273. The molecule has 0 saturated carbocycles. The van der Waals surface area contributed by atoms with Gasteiger partial charge >= 0.3 is 0 Å². The van der Waals surface area contributed by atoms with Crippen molar-refractivity contribution in [2.24, 2.45) is 11.8 Å². The Hall–Kier alpha value is -2.88. The van der Waals surface area contributed by atoms with Crippen LogP contribution in [0.1, 0.15) is 47.4 Å². The predicted octanol–water partition coefficient (Wildman–Crippen LogP) is 3.94. The van der Waals surface area contributed by atoms with Gasteiger partial charge in [0.05, 0.1) is 11.8 Å². The number of hydrogen-bond donors (Lipinski definition) is 0. The molecule has 26 heavy (non-hydrogen) atoms. The normalized spacial score (nSPS) is 12.8. The first-order valence-corrected chi connectivity index (χ1v) is 8.65. The van der Waals surface area contributed by atoms with Crippen LogP contribution in [0.2, 0.25) is 0 Å². The molecule has 0 N–H and O–H groups in total. The van der Waals surface area contributed by atoms with Gasteiger partial charge in [0.15, 0.2) is 11.6 Å². The molecule has 2 atom stereocenters. The van der Waals surface area contributed by atoms with E-state index in [0.717, 1.165) is 0 Å². The number of carbonyl (C=O) groups is 4. The van der Waals surface area contributed by atoms with Crippen molar-refractivity contribution in [3.63, 3.8) is 0 Å². The summed E-state index contributed by atoms with van der Waals surface area (Å²) in [6, 6.07) is 17.2. The van der Waals surface area contributed by atoms with E-state index in [1.54, 1.807) is 74.5 Å². The van der Waals surface area contributed by atoms with Crippen LogP contribution in [0.25, 0.3) is 0 Å². The molecule has 0 aromatic heterocycles. The van der Waals surface area contributed by atoms with Crippen LogP contribution in [0.3, 0.4) is 0 Å². The van der Waals surface area contributed by atoms with Crippen LogP contribution in [0.15, 0.2) is 60.7 Å². The average molecular weight is 350 g/mol. The molecule has 0 saturated heterocycles. The third-order valence-electron chi connectivity index (χ3n) is 4.49. The highest BCUT2D eigenvalue weighted by Crippen LogP contribution is 2.16. The Labute approximate surface area is 153 Å². The van der Waals surface area contributed by atoms with Crippen LogP contribution in [0, 0.1) is 11.8 Å². The van der Waals surface area contributed by atoms with Crippen molar-refractivity contribution in [3.05, 3.63) is 71.8 Å². The first-order valence-electron chi connectivity index (χ1n) is 8.65. The number of rotatable bonds is 9. The maximum Gasteiger partial charge on any atom is 0.173 e. The summed E-state index contributed by atoms with van der Waals surface area (Å²) in [6.07, 6.45) is -0.0734. The fourth-order valence-electron chi connectivity index (χ4n) is 2.68. The predicted molar refractivity (Wildman–Crippen MR) is 99.1 cm³/mol. The van der Waals surface area contributed by atoms with Gasteiger partial charge in [0.2, 0.25) is 0 Å². The topological polar surface area (TPSA) is 68.3 Å². The first-order chi connectivity index (χ1) is 12.4. The van der Waals surface area contributed by atoms with Crippen molar-refractivity contribution in [2.75, 3.05) is 0 Å². The molecule has 2 unspecified atom stereocenters. The largest absolute Gasteiger partial charge is 0.299 e. The summed E-state index contributed by atoms with van der Waals surface area (Å²) in [5.41, 5.74) is 0.958. The van der Waals surface area contributed by atoms with E-state index < -0.39 is 11.8 Å². The molecule has 4 heteroatoms. The van der Waals surface area contributed by atoms with Crippen molar-refractivity contribution in [3.8, 4) is 0 Å². The smallest absolute Gasteiger partial charge is 0.173 e. The first kappa shape index (κ1) is 19.4. The molecule has 2 aromatic carbocycles. The summed E-state index contributed by atoms with van der Waals surface area (Å²) in [6.45, 7) is 3.11. The van der Waals surface area contributed by atoms with Gasteiger partial charge in [0, 0.05) is 24.0 Å². The molecular weight excluding hydrogens is 328 g/mol. The highest BCUT2D eigenvalue weighted by atomic mass is 16.2. The van der Waals surface area contributed by atoms with Crippen molar-refractivity contribution < 1.29 is 19.2 Å². The Balaban J connectivity index is 1.91. The minimum Gasteiger partial charge on any atom is -0.299 e. The number of hydrogen-bond acceptors (Lipinski definition) is 4. The molecule has 2 aromatic rings. The van der Waals surface area contributed by atoms with E-state index in [2.05, 4.69) is 0 Å². The van der Waals surface area contributed by atoms with Crippen LogP contribution in [-0.2, 0) is 9.59 Å². The van der Waals surface area contributed by atoms with Crippen molar-refractivity contribution in [1.82, 2.24) is 0 Å². The third-order valence-corrected chi connectivity index (χ3v) is 4.49. The molecule has 0 spiro atoms. The van der Waals surface area contributed by atoms with Crippen LogP contribution < -0.4 is 0 Å². The Morgan fingerprint density at radius 1 is 0.615 bits per heavy atom. The quantitative estimate of drug-likeness (QED) is 0.507. The second-order valence-corrected chi connectivity index (χ2v) is 6.34. The van der Waals surface area contributed by atoms with E-state index in [9.17, 15) is 19.2 Å². The van der Waals surface area contributed by atoms with E-state index in [4.69, 9.17) is 0 Å². The Kier molecular flexibility index (Phi) is 6.73. The van der Waals surface area contributed by atoms with E-state index in [0.29, 0.717) is 11.1 Å². The average Bonchev–Trinajstić information content (AvgIpc) is 2.70. The number of benzene rings is 2. The Morgan fingerprint density at radius 2 is 0.923 bits per heavy atom. The molecular formula is C22H22O4. The molecule has 0 fully saturated rings. The zero-order valence-corrected chi connectivity index (χ0v) is 15.0. The summed E-state index contributed by atoms with van der Waals surface area (Å²) in [7, 11) is 0. The summed E-state index contributed by atoms with van der Waals surface area (Å²) in [5, 5.41) is 0. The fourth-order valence-corrected chi connectivity index (χ4v) is 2.68. The number of carbonyl (C=O) groups excluding carboxylic acids is 4. The highest BCUT2D eigenvalue weighted by molar-refractivity contribution is 6.13. The lowest BCUT2D eigenvalue weighted by Crippen LogP contribution is -2.25. The lowest BCUT2D eigenvalue weighted by Gasteiger charge is -2.12. The molecule has 2 rings (SSSR count). The second kappa shape index (κ2) is 8.99. The molecule has 0 aliphatic heterocycles. The number of Topliss-reactive ketones (excluding diaryl/α,β-unsaturated/α-hetero) is 4. The van der Waals surface area contributed by atoms with Crippen molar-refractivity contribution in [2.45, 2.75) is 26.7 Å². The van der Waals surface area contributed by atoms with Gasteiger partial charge < -0.3 is 0 Å². The maximum absolute atomic E-state index is 12.3. The summed E-state index contributed by atoms with van der Waals surface area (Å²) >= 11 is 0. The zero-order chi connectivity index (χ0) is 19.1. The molecule has 0 bridgehead atoms. The lowest BCUT2D eigenvalue weighted by molar-refractivity contribution is -0.126. The number of ketones is 4. The Morgan fingerprint density at radius 3 is 1.23 bits per heavy atom. The minimum atomic E-state index is -0.801. The van der Waals surface area contributed by atoms with Gasteiger partial charge in [-0.2, -0.15) is 0 Å². The standard InChI is InChI=1S/C22H22O4/c1-15(21(25)17-9-5-3-6-10-17)19(23)13-14-20(24)16(2)22(26)18-11-7-4-8-12-18/h3-12,15-16H,13-14H2,1-2H3. The molecule has 4 nitrogen and oxygen atoms in total. The van der Waals surface area contributed by atoms with Gasteiger partial charge in [0.25, 0.3) is 0 Å². The van der Waals surface area contributed by atoms with Crippen LogP contribution >= 0.6 is 0 Å².